The molecule has 2 aliphatic rings. The molecule has 1 N–H and O–H groups in total. The van der Waals surface area contributed by atoms with E-state index in [-0.39, 0.29) is 18.2 Å². The zero-order valence-electron chi connectivity index (χ0n) is 13.8. The van der Waals surface area contributed by atoms with Crippen LogP contribution in [-0.4, -0.2) is 47.7 Å². The van der Waals surface area contributed by atoms with Crippen molar-refractivity contribution in [2.45, 2.75) is 38.3 Å². The summed E-state index contributed by atoms with van der Waals surface area (Å²) in [5.41, 5.74) is 1.27. The molecule has 2 heterocycles. The van der Waals surface area contributed by atoms with E-state index in [0.717, 1.165) is 25.9 Å². The molecule has 2 atom stereocenters. The maximum absolute atomic E-state index is 12.4. The lowest BCUT2D eigenvalue weighted by Crippen LogP contribution is -2.48. The molecule has 1 saturated heterocycles. The van der Waals surface area contributed by atoms with E-state index in [0.29, 0.717) is 21.3 Å². The summed E-state index contributed by atoms with van der Waals surface area (Å²) in [7, 11) is 0. The van der Waals surface area contributed by atoms with Crippen LogP contribution in [0, 0.1) is 0 Å². The summed E-state index contributed by atoms with van der Waals surface area (Å²) in [6.45, 7) is 3.19. The maximum Gasteiger partial charge on any atom is 0.264 e. The second kappa shape index (κ2) is 7.62. The molecule has 0 aliphatic carbocycles. The van der Waals surface area contributed by atoms with Gasteiger partial charge in [0.05, 0.1) is 10.7 Å². The highest BCUT2D eigenvalue weighted by atomic mass is 35.5. The Morgan fingerprint density at radius 1 is 1.32 bits per heavy atom. The fraction of sp³-hybridized carbons (Fsp3) is 0.471. The van der Waals surface area contributed by atoms with Gasteiger partial charge in [-0.2, -0.15) is 0 Å². The number of amides is 2. The lowest BCUT2D eigenvalue weighted by molar-refractivity contribution is -0.138. The first kappa shape index (κ1) is 18.0. The number of rotatable bonds is 4. The van der Waals surface area contributed by atoms with Gasteiger partial charge in [0.2, 0.25) is 12.0 Å². The molecule has 0 radical (unpaired) electrons. The molecule has 0 bridgehead atoms. The summed E-state index contributed by atoms with van der Waals surface area (Å²) >= 11 is 12.1. The topological polar surface area (TPSA) is 71.0 Å². The predicted molar refractivity (Wildman–Crippen MR) is 95.9 cm³/mol. The van der Waals surface area contributed by atoms with Crippen LogP contribution in [0.2, 0.25) is 10.0 Å². The summed E-state index contributed by atoms with van der Waals surface area (Å²) in [5, 5.41) is 7.65. The van der Waals surface area contributed by atoms with Gasteiger partial charge >= 0.3 is 0 Å². The van der Waals surface area contributed by atoms with Gasteiger partial charge in [-0.1, -0.05) is 34.4 Å². The van der Waals surface area contributed by atoms with E-state index in [9.17, 15) is 9.59 Å². The molecule has 25 heavy (non-hydrogen) atoms. The van der Waals surface area contributed by atoms with E-state index in [4.69, 9.17) is 28.0 Å². The first-order valence-corrected chi connectivity index (χ1v) is 8.98. The Labute approximate surface area is 156 Å². The van der Waals surface area contributed by atoms with Crippen LogP contribution < -0.4 is 5.32 Å². The summed E-state index contributed by atoms with van der Waals surface area (Å²) in [6.07, 6.45) is 1.54. The molecule has 134 valence electrons. The number of nitrogens with one attached hydrogen (secondary N) is 1. The molecule has 1 aromatic rings. The van der Waals surface area contributed by atoms with Crippen LogP contribution in [0.5, 0.6) is 0 Å². The summed E-state index contributed by atoms with van der Waals surface area (Å²) < 4.78 is 0. The number of oxime groups is 1. The van der Waals surface area contributed by atoms with E-state index in [1.807, 2.05) is 0 Å². The molecule has 0 unspecified atom stereocenters. The van der Waals surface area contributed by atoms with Crippen molar-refractivity contribution in [1.82, 2.24) is 10.2 Å². The van der Waals surface area contributed by atoms with Gasteiger partial charge in [-0.3, -0.25) is 9.59 Å². The van der Waals surface area contributed by atoms with E-state index >= 15 is 0 Å². The summed E-state index contributed by atoms with van der Waals surface area (Å²) in [6, 6.07) is 4.48. The van der Waals surface area contributed by atoms with E-state index < -0.39 is 12.1 Å². The molecule has 2 aliphatic heterocycles. The van der Waals surface area contributed by atoms with Crippen molar-refractivity contribution < 1.29 is 14.4 Å². The van der Waals surface area contributed by atoms with Gasteiger partial charge < -0.3 is 15.1 Å². The maximum atomic E-state index is 12.4. The molecular weight excluding hydrogens is 365 g/mol. The quantitative estimate of drug-likeness (QED) is 0.868. The largest absolute Gasteiger partial charge is 0.382 e. The van der Waals surface area contributed by atoms with Crippen molar-refractivity contribution in [3.63, 3.8) is 0 Å². The van der Waals surface area contributed by atoms with Gasteiger partial charge in [0.25, 0.3) is 5.91 Å². The number of carbonyl (C=O) groups excluding carboxylic acids is 2. The summed E-state index contributed by atoms with van der Waals surface area (Å²) in [5.74, 6) is -0.422. The fourth-order valence-electron chi connectivity index (χ4n) is 2.98. The smallest absolute Gasteiger partial charge is 0.264 e. The molecule has 1 fully saturated rings. The number of hydrogen-bond donors (Lipinski definition) is 1. The Morgan fingerprint density at radius 2 is 2.04 bits per heavy atom. The minimum atomic E-state index is -0.768. The average molecular weight is 384 g/mol. The van der Waals surface area contributed by atoms with Gasteiger partial charge in [-0.15, -0.1) is 0 Å². The first-order chi connectivity index (χ1) is 12.0. The van der Waals surface area contributed by atoms with Crippen LogP contribution in [0.15, 0.2) is 23.4 Å². The number of carbonyl (C=O) groups is 2. The van der Waals surface area contributed by atoms with Crippen molar-refractivity contribution in [2.24, 2.45) is 5.16 Å². The Morgan fingerprint density at radius 3 is 2.72 bits per heavy atom. The van der Waals surface area contributed by atoms with Gasteiger partial charge in [-0.25, -0.2) is 0 Å². The second-order valence-corrected chi connectivity index (χ2v) is 7.07. The van der Waals surface area contributed by atoms with Crippen molar-refractivity contribution in [2.75, 3.05) is 13.1 Å². The Balaban J connectivity index is 1.57. The highest BCUT2D eigenvalue weighted by Gasteiger charge is 2.32. The number of nitrogens with zero attached hydrogens (tertiary/aromatic N) is 2. The molecule has 1 aromatic carbocycles. The number of likely N-dealkylation sites (tertiary alicyclic amines) is 1. The average Bonchev–Trinajstić information content (AvgIpc) is 3.26. The Kier molecular flexibility index (Phi) is 5.49. The van der Waals surface area contributed by atoms with Crippen LogP contribution in [0.3, 0.4) is 0 Å². The molecule has 0 saturated carbocycles. The van der Waals surface area contributed by atoms with E-state index in [1.165, 1.54) is 0 Å². The SMILES string of the molecule is C[C@@H](NC(=O)[C@H]1CC(c2ccc(Cl)cc2Cl)=NO1)C(=O)N1CCCC1. The van der Waals surface area contributed by atoms with Crippen LogP contribution >= 0.6 is 23.2 Å². The van der Waals surface area contributed by atoms with Crippen molar-refractivity contribution in [1.29, 1.82) is 0 Å². The number of halogens is 2. The zero-order chi connectivity index (χ0) is 18.0. The third kappa shape index (κ3) is 4.07. The van der Waals surface area contributed by atoms with Crippen LogP contribution in [0.4, 0.5) is 0 Å². The van der Waals surface area contributed by atoms with Gasteiger partial charge in [0.1, 0.15) is 6.04 Å². The Hall–Kier alpha value is -1.79. The van der Waals surface area contributed by atoms with Crippen molar-refractivity contribution in [3.05, 3.63) is 33.8 Å². The monoisotopic (exact) mass is 383 g/mol. The molecule has 8 heteroatoms. The Bertz CT molecular complexity index is 717. The minimum absolute atomic E-state index is 0.0641. The van der Waals surface area contributed by atoms with Gasteiger partial charge in [0, 0.05) is 30.1 Å². The van der Waals surface area contributed by atoms with Crippen molar-refractivity contribution >= 4 is 40.7 Å². The highest BCUT2D eigenvalue weighted by Crippen LogP contribution is 2.26. The van der Waals surface area contributed by atoms with Gasteiger partial charge in [-0.05, 0) is 31.9 Å². The molecular formula is C17H19Cl2N3O3. The third-order valence-electron chi connectivity index (χ3n) is 4.35. The first-order valence-electron chi connectivity index (χ1n) is 8.23. The van der Waals surface area contributed by atoms with E-state index in [2.05, 4.69) is 10.5 Å². The minimum Gasteiger partial charge on any atom is -0.382 e. The second-order valence-electron chi connectivity index (χ2n) is 6.22. The van der Waals surface area contributed by atoms with Crippen LogP contribution in [0.25, 0.3) is 0 Å². The van der Waals surface area contributed by atoms with Gasteiger partial charge in [0.15, 0.2) is 0 Å². The highest BCUT2D eigenvalue weighted by molar-refractivity contribution is 6.37. The molecule has 0 spiro atoms. The molecule has 6 nitrogen and oxygen atoms in total. The molecule has 2 amide bonds. The van der Waals surface area contributed by atoms with Crippen LogP contribution in [0.1, 0.15) is 31.7 Å². The number of benzene rings is 1. The van der Waals surface area contributed by atoms with E-state index in [1.54, 1.807) is 30.0 Å². The standard InChI is InChI=1S/C17H19Cl2N3O3/c1-10(17(24)22-6-2-3-7-22)20-16(23)15-9-14(21-25-15)12-5-4-11(18)8-13(12)19/h4-5,8,10,15H,2-3,6-7,9H2,1H3,(H,20,23)/t10-,15-/m1/s1. The lowest BCUT2D eigenvalue weighted by atomic mass is 10.0. The third-order valence-corrected chi connectivity index (χ3v) is 4.90. The van der Waals surface area contributed by atoms with Crippen molar-refractivity contribution in [3.8, 4) is 0 Å². The fourth-order valence-corrected chi connectivity index (χ4v) is 3.50. The summed E-state index contributed by atoms with van der Waals surface area (Å²) in [4.78, 5) is 31.6. The zero-order valence-corrected chi connectivity index (χ0v) is 15.3. The molecule has 3 rings (SSSR count). The molecule has 0 aromatic heterocycles. The number of hydrogen-bond acceptors (Lipinski definition) is 4. The normalized spacial score (nSPS) is 20.8. The van der Waals surface area contributed by atoms with Crippen LogP contribution in [-0.2, 0) is 14.4 Å². The lowest BCUT2D eigenvalue weighted by Gasteiger charge is -2.21. The predicted octanol–water partition coefficient (Wildman–Crippen LogP) is 2.61.